The molecule has 0 aliphatic heterocycles. The highest BCUT2D eigenvalue weighted by Crippen LogP contribution is 2.42. The van der Waals surface area contributed by atoms with Crippen LogP contribution in [0.3, 0.4) is 0 Å². The van der Waals surface area contributed by atoms with Gasteiger partial charge in [-0.05, 0) is 57.8 Å². The van der Waals surface area contributed by atoms with Gasteiger partial charge in [0.25, 0.3) is 0 Å². The minimum absolute atomic E-state index is 0.201. The zero-order valence-electron chi connectivity index (χ0n) is 19.3. The molecule has 1 nitrogen and oxygen atoms in total. The Morgan fingerprint density at radius 1 is 0.528 bits per heavy atom. The molecule has 2 aromatic heterocycles. The van der Waals surface area contributed by atoms with E-state index in [-0.39, 0.29) is 5.82 Å². The largest absolute Gasteiger partial charge is 0.256 e. The van der Waals surface area contributed by atoms with Crippen molar-refractivity contribution in [1.82, 2.24) is 4.98 Å². The maximum absolute atomic E-state index is 14.5. The lowest BCUT2D eigenvalue weighted by Crippen LogP contribution is -1.89. The Balaban J connectivity index is 1.51. The monoisotopic (exact) mass is 481 g/mol. The molecule has 7 aromatic rings. The normalized spacial score (nSPS) is 11.5. The summed E-state index contributed by atoms with van der Waals surface area (Å²) in [5.74, 6) is -0.201. The molecule has 0 spiro atoms. The van der Waals surface area contributed by atoms with Gasteiger partial charge in [0, 0.05) is 37.5 Å². The fraction of sp³-hybridized carbons (Fsp3) is 0. The number of benzene rings is 5. The summed E-state index contributed by atoms with van der Waals surface area (Å²) in [4.78, 5) is 6.07. The standard InChI is InChI=1S/C33H20FNS/c34-30-13-7-12-24-25-16-17-35-33(27(25)15-14-26(24)30)23-18-28(21-8-3-1-4-9-21)29-20-31(36-32(29)19-23)22-10-5-2-6-11-22/h1-20H. The predicted octanol–water partition coefficient (Wildman–Crippen LogP) is 9.74. The first kappa shape index (κ1) is 21.0. The Morgan fingerprint density at radius 3 is 2.06 bits per heavy atom. The molecule has 0 amide bonds. The van der Waals surface area contributed by atoms with Crippen LogP contribution in [-0.4, -0.2) is 4.98 Å². The van der Waals surface area contributed by atoms with Gasteiger partial charge < -0.3 is 0 Å². The summed E-state index contributed by atoms with van der Waals surface area (Å²) in [6, 6.07) is 38.9. The molecule has 170 valence electrons. The van der Waals surface area contributed by atoms with Gasteiger partial charge in [0.15, 0.2) is 0 Å². The molecule has 7 rings (SSSR count). The maximum Gasteiger partial charge on any atom is 0.131 e. The Kier molecular flexibility index (Phi) is 4.90. The van der Waals surface area contributed by atoms with E-state index in [1.807, 2.05) is 42.6 Å². The van der Waals surface area contributed by atoms with Crippen molar-refractivity contribution in [2.45, 2.75) is 0 Å². The minimum Gasteiger partial charge on any atom is -0.256 e. The quantitative estimate of drug-likeness (QED) is 0.229. The Morgan fingerprint density at radius 2 is 1.25 bits per heavy atom. The van der Waals surface area contributed by atoms with Crippen LogP contribution in [0.1, 0.15) is 0 Å². The van der Waals surface area contributed by atoms with Crippen molar-refractivity contribution >= 4 is 43.0 Å². The summed E-state index contributed by atoms with van der Waals surface area (Å²) in [5, 5.41) is 4.81. The van der Waals surface area contributed by atoms with Gasteiger partial charge in [0.05, 0.1) is 5.69 Å². The molecule has 0 saturated carbocycles. The SMILES string of the molecule is Fc1cccc2c1ccc1c(-c3cc(-c4ccccc4)c4cc(-c5ccccc5)sc4c3)nccc12. The average Bonchev–Trinajstić information content (AvgIpc) is 3.38. The van der Waals surface area contributed by atoms with E-state index < -0.39 is 0 Å². The first-order chi connectivity index (χ1) is 17.8. The second-order valence-corrected chi connectivity index (χ2v) is 10.0. The van der Waals surface area contributed by atoms with Crippen molar-refractivity contribution in [3.8, 4) is 32.8 Å². The topological polar surface area (TPSA) is 12.9 Å². The first-order valence-corrected chi connectivity index (χ1v) is 12.7. The van der Waals surface area contributed by atoms with Gasteiger partial charge in [-0.3, -0.25) is 4.98 Å². The van der Waals surface area contributed by atoms with E-state index in [1.54, 1.807) is 17.4 Å². The van der Waals surface area contributed by atoms with Crippen LogP contribution in [0.25, 0.3) is 64.5 Å². The fourth-order valence-electron chi connectivity index (χ4n) is 5.09. The average molecular weight is 482 g/mol. The molecular weight excluding hydrogens is 461 g/mol. The third-order valence-electron chi connectivity index (χ3n) is 6.80. The van der Waals surface area contributed by atoms with Crippen molar-refractivity contribution in [3.05, 3.63) is 127 Å². The van der Waals surface area contributed by atoms with Crippen LogP contribution in [0.5, 0.6) is 0 Å². The number of pyridine rings is 1. The van der Waals surface area contributed by atoms with Gasteiger partial charge in [0.1, 0.15) is 5.82 Å². The van der Waals surface area contributed by atoms with E-state index in [0.717, 1.165) is 27.4 Å². The summed E-state index contributed by atoms with van der Waals surface area (Å²) in [6.45, 7) is 0. The number of halogens is 1. The van der Waals surface area contributed by atoms with Crippen LogP contribution in [0.15, 0.2) is 121 Å². The molecule has 0 unspecified atom stereocenters. The zero-order chi connectivity index (χ0) is 24.1. The molecule has 36 heavy (non-hydrogen) atoms. The van der Waals surface area contributed by atoms with Crippen LogP contribution in [0.4, 0.5) is 4.39 Å². The lowest BCUT2D eigenvalue weighted by Gasteiger charge is -2.12. The summed E-state index contributed by atoms with van der Waals surface area (Å²) < 4.78 is 15.7. The Hall–Kier alpha value is -4.34. The molecule has 0 saturated heterocycles. The van der Waals surface area contributed by atoms with Crippen LogP contribution < -0.4 is 0 Å². The van der Waals surface area contributed by atoms with Gasteiger partial charge in [-0.1, -0.05) is 84.9 Å². The highest BCUT2D eigenvalue weighted by molar-refractivity contribution is 7.22. The van der Waals surface area contributed by atoms with Crippen LogP contribution in [0.2, 0.25) is 0 Å². The molecular formula is C33H20FNS. The number of rotatable bonds is 3. The predicted molar refractivity (Wildman–Crippen MR) is 151 cm³/mol. The number of hydrogen-bond acceptors (Lipinski definition) is 2. The van der Waals surface area contributed by atoms with E-state index in [0.29, 0.717) is 5.39 Å². The lowest BCUT2D eigenvalue weighted by molar-refractivity contribution is 0.640. The second kappa shape index (κ2) is 8.40. The van der Waals surface area contributed by atoms with E-state index in [4.69, 9.17) is 4.98 Å². The third kappa shape index (κ3) is 3.40. The summed E-state index contributed by atoms with van der Waals surface area (Å²) in [7, 11) is 0. The van der Waals surface area contributed by atoms with Gasteiger partial charge in [-0.2, -0.15) is 0 Å². The van der Waals surface area contributed by atoms with Gasteiger partial charge in [-0.25, -0.2) is 4.39 Å². The molecule has 0 aliphatic rings. The number of nitrogens with zero attached hydrogens (tertiary/aromatic N) is 1. The first-order valence-electron chi connectivity index (χ1n) is 11.9. The molecule has 0 radical (unpaired) electrons. The summed E-state index contributed by atoms with van der Waals surface area (Å²) in [6.07, 6.45) is 1.83. The lowest BCUT2D eigenvalue weighted by atomic mass is 9.94. The molecule has 0 aliphatic carbocycles. The highest BCUT2D eigenvalue weighted by Gasteiger charge is 2.15. The maximum atomic E-state index is 14.5. The van der Waals surface area contributed by atoms with E-state index in [9.17, 15) is 4.39 Å². The number of hydrogen-bond donors (Lipinski definition) is 0. The van der Waals surface area contributed by atoms with Gasteiger partial charge >= 0.3 is 0 Å². The van der Waals surface area contributed by atoms with Crippen LogP contribution in [-0.2, 0) is 0 Å². The highest BCUT2D eigenvalue weighted by atomic mass is 32.1. The van der Waals surface area contributed by atoms with Crippen LogP contribution >= 0.6 is 11.3 Å². The Labute approximate surface area is 212 Å². The Bertz CT molecular complexity index is 1890. The molecule has 5 aromatic carbocycles. The van der Waals surface area contributed by atoms with Crippen molar-refractivity contribution in [3.63, 3.8) is 0 Å². The third-order valence-corrected chi connectivity index (χ3v) is 7.93. The van der Waals surface area contributed by atoms with Crippen LogP contribution in [0, 0.1) is 5.82 Å². The number of fused-ring (bicyclic) bond motifs is 4. The number of aromatic nitrogens is 1. The van der Waals surface area contributed by atoms with Gasteiger partial charge in [0.2, 0.25) is 0 Å². The van der Waals surface area contributed by atoms with Crippen molar-refractivity contribution in [2.24, 2.45) is 0 Å². The van der Waals surface area contributed by atoms with Crippen molar-refractivity contribution in [1.29, 1.82) is 0 Å². The summed E-state index contributed by atoms with van der Waals surface area (Å²) in [5.41, 5.74) is 5.55. The minimum atomic E-state index is -0.201. The smallest absolute Gasteiger partial charge is 0.131 e. The van der Waals surface area contributed by atoms with E-state index in [1.165, 1.54) is 37.7 Å². The molecule has 0 N–H and O–H groups in total. The molecule has 2 heterocycles. The molecule has 0 bridgehead atoms. The molecule has 0 fully saturated rings. The summed E-state index contributed by atoms with van der Waals surface area (Å²) >= 11 is 1.80. The molecule has 0 atom stereocenters. The van der Waals surface area contributed by atoms with E-state index >= 15 is 0 Å². The van der Waals surface area contributed by atoms with Gasteiger partial charge in [-0.15, -0.1) is 11.3 Å². The van der Waals surface area contributed by atoms with Crippen molar-refractivity contribution in [2.75, 3.05) is 0 Å². The fourth-order valence-corrected chi connectivity index (χ4v) is 6.22. The number of thiophene rings is 1. The van der Waals surface area contributed by atoms with Crippen molar-refractivity contribution < 1.29 is 4.39 Å². The zero-order valence-corrected chi connectivity index (χ0v) is 20.1. The molecule has 3 heteroatoms. The second-order valence-electron chi connectivity index (χ2n) is 8.93. The van der Waals surface area contributed by atoms with E-state index in [2.05, 4.69) is 66.7 Å².